The lowest BCUT2D eigenvalue weighted by molar-refractivity contribution is 0.258. The molecule has 0 bridgehead atoms. The van der Waals surface area contributed by atoms with Crippen LogP contribution in [0, 0.1) is 0 Å². The molecule has 1 heterocycles. The van der Waals surface area contributed by atoms with Crippen molar-refractivity contribution in [3.8, 4) is 0 Å². The molecule has 1 N–H and O–H groups in total. The lowest BCUT2D eigenvalue weighted by Gasteiger charge is -2.18. The first-order chi connectivity index (χ1) is 10.2. The van der Waals surface area contributed by atoms with Crippen LogP contribution in [0.15, 0.2) is 60.9 Å². The summed E-state index contributed by atoms with van der Waals surface area (Å²) in [5, 5.41) is 2.84. The van der Waals surface area contributed by atoms with E-state index >= 15 is 0 Å². The number of carbonyl (C=O) groups is 1. The van der Waals surface area contributed by atoms with Gasteiger partial charge in [-0.1, -0.05) is 18.2 Å². The van der Waals surface area contributed by atoms with Gasteiger partial charge < -0.3 is 5.32 Å². The molecule has 0 saturated heterocycles. The van der Waals surface area contributed by atoms with Gasteiger partial charge in [-0.3, -0.25) is 14.9 Å². The largest absolute Gasteiger partial charge is 0.326 e. The number of nitrogens with one attached hydrogen (secondary N) is 1. The second-order valence-corrected chi connectivity index (χ2v) is 4.58. The normalized spacial score (nSPS) is 10.3. The molecular formula is C16H14N4O. The molecular weight excluding hydrogens is 264 g/mol. The van der Waals surface area contributed by atoms with Gasteiger partial charge in [0.1, 0.15) is 0 Å². The highest BCUT2D eigenvalue weighted by molar-refractivity contribution is 6.02. The highest BCUT2D eigenvalue weighted by atomic mass is 16.2. The number of nitrogens with zero attached hydrogens (tertiary/aromatic N) is 3. The fraction of sp³-hybridized carbons (Fsp3) is 0.0625. The van der Waals surface area contributed by atoms with Crippen molar-refractivity contribution < 1.29 is 4.79 Å². The molecule has 0 aliphatic rings. The summed E-state index contributed by atoms with van der Waals surface area (Å²) >= 11 is 0. The van der Waals surface area contributed by atoms with E-state index in [4.69, 9.17) is 0 Å². The van der Waals surface area contributed by atoms with Gasteiger partial charge in [-0.25, -0.2) is 4.79 Å². The van der Waals surface area contributed by atoms with Crippen molar-refractivity contribution >= 4 is 28.4 Å². The SMILES string of the molecule is CN(C(=O)Nc1ccccc1)c1ccc2nccnc2c1. The zero-order valence-corrected chi connectivity index (χ0v) is 11.5. The molecule has 2 aromatic carbocycles. The van der Waals surface area contributed by atoms with Crippen LogP contribution in [0.3, 0.4) is 0 Å². The number of fused-ring (bicyclic) bond motifs is 1. The highest BCUT2D eigenvalue weighted by Crippen LogP contribution is 2.19. The van der Waals surface area contributed by atoms with Crippen molar-refractivity contribution in [1.82, 2.24) is 9.97 Å². The number of urea groups is 1. The maximum Gasteiger partial charge on any atom is 0.326 e. The standard InChI is InChI=1S/C16H14N4O/c1-20(16(21)19-12-5-3-2-4-6-12)13-7-8-14-15(11-13)18-10-9-17-14/h2-11H,1H3,(H,19,21). The van der Waals surface area contributed by atoms with Crippen molar-refractivity contribution in [3.05, 3.63) is 60.9 Å². The van der Waals surface area contributed by atoms with Crippen LogP contribution in [0.2, 0.25) is 0 Å². The molecule has 3 rings (SSSR count). The summed E-state index contributed by atoms with van der Waals surface area (Å²) in [6.45, 7) is 0. The molecule has 1 aromatic heterocycles. The number of amides is 2. The van der Waals surface area contributed by atoms with Crippen LogP contribution in [0.4, 0.5) is 16.2 Å². The van der Waals surface area contributed by atoms with Crippen molar-refractivity contribution in [3.63, 3.8) is 0 Å². The Morgan fingerprint density at radius 3 is 2.48 bits per heavy atom. The minimum Gasteiger partial charge on any atom is -0.308 e. The first kappa shape index (κ1) is 13.1. The van der Waals surface area contributed by atoms with E-state index < -0.39 is 0 Å². The van der Waals surface area contributed by atoms with E-state index in [0.717, 1.165) is 22.4 Å². The Balaban J connectivity index is 1.82. The number of anilines is 2. The Morgan fingerprint density at radius 1 is 1.00 bits per heavy atom. The van der Waals surface area contributed by atoms with Gasteiger partial charge in [0.05, 0.1) is 11.0 Å². The van der Waals surface area contributed by atoms with E-state index in [0.29, 0.717) is 0 Å². The van der Waals surface area contributed by atoms with Gasteiger partial charge in [0, 0.05) is 30.8 Å². The summed E-state index contributed by atoms with van der Waals surface area (Å²) in [4.78, 5) is 22.2. The van der Waals surface area contributed by atoms with E-state index in [1.807, 2.05) is 48.5 Å². The fourth-order valence-corrected chi connectivity index (χ4v) is 2.01. The summed E-state index contributed by atoms with van der Waals surface area (Å²) in [7, 11) is 1.72. The lowest BCUT2D eigenvalue weighted by atomic mass is 10.2. The monoisotopic (exact) mass is 278 g/mol. The number of benzene rings is 2. The van der Waals surface area contributed by atoms with Crippen LogP contribution < -0.4 is 10.2 Å². The molecule has 104 valence electrons. The summed E-state index contributed by atoms with van der Waals surface area (Å²) in [6, 6.07) is 14.7. The van der Waals surface area contributed by atoms with E-state index in [2.05, 4.69) is 15.3 Å². The number of aromatic nitrogens is 2. The van der Waals surface area contributed by atoms with Crippen LogP contribution in [-0.2, 0) is 0 Å². The van der Waals surface area contributed by atoms with Gasteiger partial charge >= 0.3 is 6.03 Å². The second kappa shape index (κ2) is 5.58. The van der Waals surface area contributed by atoms with Crippen LogP contribution >= 0.6 is 0 Å². The third-order valence-corrected chi connectivity index (χ3v) is 3.17. The average Bonchev–Trinajstić information content (AvgIpc) is 2.54. The quantitative estimate of drug-likeness (QED) is 0.782. The highest BCUT2D eigenvalue weighted by Gasteiger charge is 2.11. The number of rotatable bonds is 2. The molecule has 0 radical (unpaired) electrons. The molecule has 0 fully saturated rings. The molecule has 0 aliphatic carbocycles. The van der Waals surface area contributed by atoms with Crippen molar-refractivity contribution in [1.29, 1.82) is 0 Å². The third kappa shape index (κ3) is 2.81. The molecule has 0 atom stereocenters. The van der Waals surface area contributed by atoms with Gasteiger partial charge in [-0.15, -0.1) is 0 Å². The van der Waals surface area contributed by atoms with Gasteiger partial charge in [0.15, 0.2) is 0 Å². The van der Waals surface area contributed by atoms with Crippen LogP contribution in [-0.4, -0.2) is 23.0 Å². The molecule has 2 amide bonds. The predicted molar refractivity (Wildman–Crippen MR) is 83.4 cm³/mol. The second-order valence-electron chi connectivity index (χ2n) is 4.58. The van der Waals surface area contributed by atoms with Gasteiger partial charge in [0.25, 0.3) is 0 Å². The number of hydrogen-bond donors (Lipinski definition) is 1. The van der Waals surface area contributed by atoms with Crippen molar-refractivity contribution in [2.75, 3.05) is 17.3 Å². The van der Waals surface area contributed by atoms with E-state index in [9.17, 15) is 4.79 Å². The molecule has 0 spiro atoms. The van der Waals surface area contributed by atoms with Gasteiger partial charge in [-0.05, 0) is 30.3 Å². The summed E-state index contributed by atoms with van der Waals surface area (Å²) < 4.78 is 0. The van der Waals surface area contributed by atoms with E-state index in [1.54, 1.807) is 24.3 Å². The number of hydrogen-bond acceptors (Lipinski definition) is 3. The molecule has 0 unspecified atom stereocenters. The van der Waals surface area contributed by atoms with Crippen LogP contribution in [0.25, 0.3) is 11.0 Å². The average molecular weight is 278 g/mol. The molecule has 21 heavy (non-hydrogen) atoms. The van der Waals surface area contributed by atoms with E-state index in [-0.39, 0.29) is 6.03 Å². The topological polar surface area (TPSA) is 58.1 Å². The minimum atomic E-state index is -0.204. The van der Waals surface area contributed by atoms with Gasteiger partial charge in [-0.2, -0.15) is 0 Å². The Morgan fingerprint density at radius 2 is 1.71 bits per heavy atom. The molecule has 5 nitrogen and oxygen atoms in total. The fourth-order valence-electron chi connectivity index (χ4n) is 2.01. The summed E-state index contributed by atoms with van der Waals surface area (Å²) in [5.74, 6) is 0. The Kier molecular flexibility index (Phi) is 3.47. The van der Waals surface area contributed by atoms with Gasteiger partial charge in [0.2, 0.25) is 0 Å². The zero-order chi connectivity index (χ0) is 14.7. The molecule has 3 aromatic rings. The maximum absolute atomic E-state index is 12.2. The van der Waals surface area contributed by atoms with Crippen molar-refractivity contribution in [2.24, 2.45) is 0 Å². The smallest absolute Gasteiger partial charge is 0.308 e. The summed E-state index contributed by atoms with van der Waals surface area (Å²) in [5.41, 5.74) is 3.08. The van der Waals surface area contributed by atoms with Crippen LogP contribution in [0.5, 0.6) is 0 Å². The minimum absolute atomic E-state index is 0.204. The maximum atomic E-state index is 12.2. The number of carbonyl (C=O) groups excluding carboxylic acids is 1. The molecule has 0 saturated carbocycles. The first-order valence-corrected chi connectivity index (χ1v) is 6.54. The Labute approximate surface area is 122 Å². The Hall–Kier alpha value is -2.95. The lowest BCUT2D eigenvalue weighted by Crippen LogP contribution is -2.31. The Bertz CT molecular complexity index is 773. The van der Waals surface area contributed by atoms with E-state index in [1.165, 1.54) is 0 Å². The predicted octanol–water partition coefficient (Wildman–Crippen LogP) is 3.30. The zero-order valence-electron chi connectivity index (χ0n) is 11.5. The first-order valence-electron chi connectivity index (χ1n) is 6.54. The van der Waals surface area contributed by atoms with Crippen molar-refractivity contribution in [2.45, 2.75) is 0 Å². The summed E-state index contributed by atoms with van der Waals surface area (Å²) in [6.07, 6.45) is 3.28. The third-order valence-electron chi connectivity index (χ3n) is 3.17. The molecule has 0 aliphatic heterocycles. The molecule has 5 heteroatoms. The van der Waals surface area contributed by atoms with Crippen LogP contribution in [0.1, 0.15) is 0 Å². The number of para-hydroxylation sites is 1.